The van der Waals surface area contributed by atoms with E-state index >= 15 is 0 Å². The summed E-state index contributed by atoms with van der Waals surface area (Å²) in [4.78, 5) is 1.14. The van der Waals surface area contributed by atoms with Crippen molar-refractivity contribution >= 4 is 0 Å². The minimum atomic E-state index is -4.27. The largest absolute Gasteiger partial charge is 0.401 e. The summed E-state index contributed by atoms with van der Waals surface area (Å²) in [5.41, 5.74) is 4.25. The van der Waals surface area contributed by atoms with Crippen molar-refractivity contribution in [2.45, 2.75) is 38.5 Å². The molecule has 0 aliphatic carbocycles. The van der Waals surface area contributed by atoms with E-state index in [2.05, 4.69) is 0 Å². The maximum atomic E-state index is 12.2. The van der Waals surface area contributed by atoms with Crippen molar-refractivity contribution in [2.75, 3.05) is 13.1 Å². The normalized spacial score (nSPS) is 16.5. The molecule has 3 nitrogen and oxygen atoms in total. The lowest BCUT2D eigenvalue weighted by Crippen LogP contribution is -2.51. The van der Waals surface area contributed by atoms with Crippen LogP contribution in [0.2, 0.25) is 0 Å². The van der Waals surface area contributed by atoms with Crippen LogP contribution in [0.5, 0.6) is 0 Å². The average molecular weight is 223 g/mol. The maximum Gasteiger partial charge on any atom is 0.401 e. The summed E-state index contributed by atoms with van der Waals surface area (Å²) in [5.74, 6) is 0. The number of halogens is 3. The summed E-state index contributed by atoms with van der Waals surface area (Å²) in [7, 11) is 0. The molecular weight excluding hydrogens is 207 g/mol. The summed E-state index contributed by atoms with van der Waals surface area (Å²) < 4.78 is 36.5. The van der Waals surface area contributed by atoms with Gasteiger partial charge >= 0.3 is 6.18 Å². The Morgan fingerprint density at radius 2 is 1.80 bits per heavy atom. The molecule has 0 fully saturated rings. The molecule has 0 saturated heterocycles. The Morgan fingerprint density at radius 3 is 2.07 bits per heavy atom. The number of alkyl halides is 3. The fraction of sp³-hybridized carbons (Fsp3) is 0.889. The van der Waals surface area contributed by atoms with Crippen LogP contribution >= 0.6 is 0 Å². The van der Waals surface area contributed by atoms with Crippen molar-refractivity contribution in [2.24, 2.45) is 5.73 Å². The molecule has 1 atom stereocenters. The van der Waals surface area contributed by atoms with Gasteiger partial charge in [0.05, 0.1) is 12.6 Å². The zero-order chi connectivity index (χ0) is 12.3. The van der Waals surface area contributed by atoms with Gasteiger partial charge in [0.1, 0.15) is 5.54 Å². The van der Waals surface area contributed by atoms with Gasteiger partial charge in [-0.3, -0.25) is 4.90 Å². The Kier molecular flexibility index (Phi) is 4.56. The average Bonchev–Trinajstić information content (AvgIpc) is 2.00. The summed E-state index contributed by atoms with van der Waals surface area (Å²) in [6.07, 6.45) is -4.27. The minimum absolute atomic E-state index is 0.0966. The molecule has 0 aliphatic rings. The fourth-order valence-corrected chi connectivity index (χ4v) is 1.11. The summed E-state index contributed by atoms with van der Waals surface area (Å²) >= 11 is 0. The molecular formula is C9H16F3N3. The van der Waals surface area contributed by atoms with Crippen LogP contribution in [-0.2, 0) is 0 Å². The van der Waals surface area contributed by atoms with Gasteiger partial charge in [0.2, 0.25) is 0 Å². The lowest BCUT2D eigenvalue weighted by atomic mass is 10.1. The SMILES string of the molecule is CC(C)N(CC(F)(F)F)CC(C)(N)C#N. The highest BCUT2D eigenvalue weighted by Crippen LogP contribution is 2.19. The van der Waals surface area contributed by atoms with Gasteiger partial charge in [0.15, 0.2) is 0 Å². The van der Waals surface area contributed by atoms with Gasteiger partial charge in [-0.05, 0) is 20.8 Å². The first kappa shape index (κ1) is 14.2. The Bertz CT molecular complexity index is 240. The van der Waals surface area contributed by atoms with Gasteiger partial charge in [-0.25, -0.2) is 0 Å². The Morgan fingerprint density at radius 1 is 1.33 bits per heavy atom. The van der Waals surface area contributed by atoms with E-state index in [0.29, 0.717) is 0 Å². The fourth-order valence-electron chi connectivity index (χ4n) is 1.11. The van der Waals surface area contributed by atoms with E-state index in [1.807, 2.05) is 0 Å². The smallest absolute Gasteiger partial charge is 0.313 e. The van der Waals surface area contributed by atoms with E-state index in [0.717, 1.165) is 4.90 Å². The van der Waals surface area contributed by atoms with Gasteiger partial charge < -0.3 is 5.73 Å². The zero-order valence-electron chi connectivity index (χ0n) is 9.10. The van der Waals surface area contributed by atoms with Crippen LogP contribution in [0, 0.1) is 11.3 Å². The van der Waals surface area contributed by atoms with Crippen molar-refractivity contribution in [3.63, 3.8) is 0 Å². The number of hydrogen-bond donors (Lipinski definition) is 1. The highest BCUT2D eigenvalue weighted by Gasteiger charge is 2.34. The number of hydrogen-bond acceptors (Lipinski definition) is 3. The predicted molar refractivity (Wildman–Crippen MR) is 51.0 cm³/mol. The first-order valence-electron chi connectivity index (χ1n) is 4.58. The molecule has 0 saturated carbocycles. The van der Waals surface area contributed by atoms with Gasteiger partial charge in [-0.2, -0.15) is 18.4 Å². The van der Waals surface area contributed by atoms with Crippen LogP contribution in [0.3, 0.4) is 0 Å². The van der Waals surface area contributed by atoms with Crippen molar-refractivity contribution < 1.29 is 13.2 Å². The topological polar surface area (TPSA) is 53.0 Å². The Hall–Kier alpha value is -0.800. The molecule has 0 aromatic carbocycles. The minimum Gasteiger partial charge on any atom is -0.313 e. The van der Waals surface area contributed by atoms with Gasteiger partial charge in [-0.15, -0.1) is 0 Å². The molecule has 6 heteroatoms. The van der Waals surface area contributed by atoms with Crippen LogP contribution in [0.15, 0.2) is 0 Å². The quantitative estimate of drug-likeness (QED) is 0.785. The van der Waals surface area contributed by atoms with E-state index in [9.17, 15) is 13.2 Å². The van der Waals surface area contributed by atoms with Crippen molar-refractivity contribution in [1.82, 2.24) is 4.90 Å². The molecule has 0 aromatic heterocycles. The van der Waals surface area contributed by atoms with E-state index in [-0.39, 0.29) is 12.6 Å². The first-order valence-corrected chi connectivity index (χ1v) is 4.58. The molecule has 0 aromatic rings. The van der Waals surface area contributed by atoms with Gasteiger partial charge in [-0.1, -0.05) is 0 Å². The van der Waals surface area contributed by atoms with Crippen LogP contribution in [0.4, 0.5) is 13.2 Å². The van der Waals surface area contributed by atoms with Gasteiger partial charge in [0.25, 0.3) is 0 Å². The van der Waals surface area contributed by atoms with Crippen LogP contribution < -0.4 is 5.73 Å². The third-order valence-electron chi connectivity index (χ3n) is 1.90. The summed E-state index contributed by atoms with van der Waals surface area (Å²) in [6.45, 7) is 3.55. The molecule has 0 rings (SSSR count). The van der Waals surface area contributed by atoms with Crippen molar-refractivity contribution in [3.05, 3.63) is 0 Å². The second-order valence-electron chi connectivity index (χ2n) is 4.14. The molecule has 0 bridgehead atoms. The molecule has 0 heterocycles. The molecule has 0 aliphatic heterocycles. The van der Waals surface area contributed by atoms with Gasteiger partial charge in [0, 0.05) is 12.6 Å². The molecule has 88 valence electrons. The highest BCUT2D eigenvalue weighted by atomic mass is 19.4. The summed E-state index contributed by atoms with van der Waals surface area (Å²) in [5, 5.41) is 8.64. The Labute approximate surface area is 87.6 Å². The van der Waals surface area contributed by atoms with E-state index in [1.165, 1.54) is 6.92 Å². The van der Waals surface area contributed by atoms with E-state index in [1.54, 1.807) is 19.9 Å². The molecule has 0 amide bonds. The maximum absolute atomic E-state index is 12.2. The van der Waals surface area contributed by atoms with Crippen molar-refractivity contribution in [3.8, 4) is 6.07 Å². The number of nitrogens with two attached hydrogens (primary N) is 1. The number of rotatable bonds is 4. The molecule has 2 N–H and O–H groups in total. The lowest BCUT2D eigenvalue weighted by Gasteiger charge is -2.31. The third-order valence-corrected chi connectivity index (χ3v) is 1.90. The van der Waals surface area contributed by atoms with Crippen LogP contribution in [-0.4, -0.2) is 35.7 Å². The number of nitrogens with zero attached hydrogens (tertiary/aromatic N) is 2. The number of nitriles is 1. The van der Waals surface area contributed by atoms with E-state index < -0.39 is 18.3 Å². The second kappa shape index (κ2) is 4.81. The molecule has 15 heavy (non-hydrogen) atoms. The van der Waals surface area contributed by atoms with Crippen LogP contribution in [0.1, 0.15) is 20.8 Å². The molecule has 0 radical (unpaired) electrons. The highest BCUT2D eigenvalue weighted by molar-refractivity contribution is 5.03. The molecule has 1 unspecified atom stereocenters. The lowest BCUT2D eigenvalue weighted by molar-refractivity contribution is -0.150. The Balaban J connectivity index is 4.51. The monoisotopic (exact) mass is 223 g/mol. The third kappa shape index (κ3) is 6.31. The summed E-state index contributed by atoms with van der Waals surface area (Å²) in [6, 6.07) is 1.48. The second-order valence-corrected chi connectivity index (χ2v) is 4.14. The van der Waals surface area contributed by atoms with Crippen LogP contribution in [0.25, 0.3) is 0 Å². The van der Waals surface area contributed by atoms with Crippen molar-refractivity contribution in [1.29, 1.82) is 5.26 Å². The zero-order valence-corrected chi connectivity index (χ0v) is 9.10. The first-order chi connectivity index (χ1) is 6.57. The standard InChI is InChI=1S/C9H16F3N3/c1-7(2)15(6-9(10,11)12)5-8(3,14)4-13/h7H,5-6,14H2,1-3H3. The molecule has 0 spiro atoms. The van der Waals surface area contributed by atoms with E-state index in [4.69, 9.17) is 11.0 Å². The predicted octanol–water partition coefficient (Wildman–Crippen LogP) is 1.50.